The van der Waals surface area contributed by atoms with E-state index in [1.165, 1.54) is 18.2 Å². The molecule has 0 spiro atoms. The Balaban J connectivity index is 1.88. The zero-order chi connectivity index (χ0) is 11.4. The van der Waals surface area contributed by atoms with E-state index in [0.717, 1.165) is 25.2 Å². The highest BCUT2D eigenvalue weighted by molar-refractivity contribution is 5.66. The summed E-state index contributed by atoms with van der Waals surface area (Å²) in [6.07, 6.45) is 1.40. The normalized spacial score (nSPS) is 12.8. The molecule has 1 aromatic carbocycles. The number of ether oxygens (including phenoxy) is 2. The van der Waals surface area contributed by atoms with E-state index in [2.05, 4.69) is 16.1 Å². The number of rotatable bonds is 3. The molecular formula is C12H15NO3. The first-order valence-electron chi connectivity index (χ1n) is 5.36. The minimum absolute atomic E-state index is 0.385. The van der Waals surface area contributed by atoms with E-state index in [4.69, 9.17) is 4.74 Å². The van der Waals surface area contributed by atoms with Gasteiger partial charge in [-0.15, -0.1) is 0 Å². The Labute approximate surface area is 94.6 Å². The number of hydrogen-bond donors (Lipinski definition) is 1. The molecule has 16 heavy (non-hydrogen) atoms. The molecule has 0 saturated carbocycles. The number of methoxy groups -OCH3 is 1. The molecule has 1 aliphatic rings. The van der Waals surface area contributed by atoms with Crippen molar-refractivity contribution in [2.24, 2.45) is 0 Å². The standard InChI is InChI=1S/C12H15NO3/c1-15-12(14)13-6-4-9-2-3-11-10(8-9)5-7-16-11/h2-3,8H,4-7H2,1H3,(H,13,14). The molecule has 0 atom stereocenters. The first-order valence-corrected chi connectivity index (χ1v) is 5.36. The minimum Gasteiger partial charge on any atom is -0.493 e. The lowest BCUT2D eigenvalue weighted by molar-refractivity contribution is 0.171. The summed E-state index contributed by atoms with van der Waals surface area (Å²) in [5, 5.41) is 2.66. The van der Waals surface area contributed by atoms with Gasteiger partial charge >= 0.3 is 6.09 Å². The van der Waals surface area contributed by atoms with Crippen LogP contribution in [0.15, 0.2) is 18.2 Å². The van der Waals surface area contributed by atoms with Crippen molar-refractivity contribution in [2.45, 2.75) is 12.8 Å². The summed E-state index contributed by atoms with van der Waals surface area (Å²) in [5.74, 6) is 0.990. The predicted molar refractivity (Wildman–Crippen MR) is 59.8 cm³/mol. The second-order valence-corrected chi connectivity index (χ2v) is 3.71. The van der Waals surface area contributed by atoms with Crippen molar-refractivity contribution in [1.29, 1.82) is 0 Å². The highest BCUT2D eigenvalue weighted by Gasteiger charge is 2.11. The zero-order valence-electron chi connectivity index (χ0n) is 9.29. The maximum absolute atomic E-state index is 10.8. The van der Waals surface area contributed by atoms with Gasteiger partial charge in [0.1, 0.15) is 5.75 Å². The number of carbonyl (C=O) groups excluding carboxylic acids is 1. The van der Waals surface area contributed by atoms with Gasteiger partial charge in [0.05, 0.1) is 13.7 Å². The van der Waals surface area contributed by atoms with Gasteiger partial charge in [-0.3, -0.25) is 0 Å². The van der Waals surface area contributed by atoms with E-state index in [9.17, 15) is 4.79 Å². The molecule has 1 amide bonds. The van der Waals surface area contributed by atoms with Crippen LogP contribution in [-0.2, 0) is 17.6 Å². The lowest BCUT2D eigenvalue weighted by Crippen LogP contribution is -2.25. The number of alkyl carbamates (subject to hydrolysis) is 1. The fourth-order valence-electron chi connectivity index (χ4n) is 1.78. The van der Waals surface area contributed by atoms with Gasteiger partial charge in [-0.2, -0.15) is 0 Å². The van der Waals surface area contributed by atoms with Crippen LogP contribution in [0.4, 0.5) is 4.79 Å². The number of benzene rings is 1. The molecule has 86 valence electrons. The average Bonchev–Trinajstić information content (AvgIpc) is 2.76. The second-order valence-electron chi connectivity index (χ2n) is 3.71. The molecule has 0 aliphatic carbocycles. The average molecular weight is 221 g/mol. The molecular weight excluding hydrogens is 206 g/mol. The summed E-state index contributed by atoms with van der Waals surface area (Å²) in [4.78, 5) is 10.8. The van der Waals surface area contributed by atoms with Crippen LogP contribution < -0.4 is 10.1 Å². The van der Waals surface area contributed by atoms with Gasteiger partial charge < -0.3 is 14.8 Å². The molecule has 1 N–H and O–H groups in total. The van der Waals surface area contributed by atoms with Gasteiger partial charge in [0.25, 0.3) is 0 Å². The SMILES string of the molecule is COC(=O)NCCc1ccc2c(c1)CCO2. The highest BCUT2D eigenvalue weighted by atomic mass is 16.5. The van der Waals surface area contributed by atoms with Crippen LogP contribution >= 0.6 is 0 Å². The molecule has 1 aliphatic heterocycles. The van der Waals surface area contributed by atoms with Crippen molar-refractivity contribution in [2.75, 3.05) is 20.3 Å². The van der Waals surface area contributed by atoms with E-state index in [1.54, 1.807) is 0 Å². The van der Waals surface area contributed by atoms with E-state index in [1.807, 2.05) is 12.1 Å². The molecule has 0 saturated heterocycles. The van der Waals surface area contributed by atoms with Gasteiger partial charge in [-0.05, 0) is 23.6 Å². The summed E-state index contributed by atoms with van der Waals surface area (Å²) >= 11 is 0. The van der Waals surface area contributed by atoms with Crippen LogP contribution in [0.25, 0.3) is 0 Å². The van der Waals surface area contributed by atoms with Crippen LogP contribution in [-0.4, -0.2) is 26.4 Å². The van der Waals surface area contributed by atoms with E-state index < -0.39 is 0 Å². The van der Waals surface area contributed by atoms with Crippen molar-refractivity contribution < 1.29 is 14.3 Å². The third-order valence-electron chi connectivity index (χ3n) is 2.62. The molecule has 2 rings (SSSR count). The van der Waals surface area contributed by atoms with Gasteiger partial charge in [0, 0.05) is 13.0 Å². The number of carbonyl (C=O) groups is 1. The van der Waals surface area contributed by atoms with Crippen LogP contribution in [0.1, 0.15) is 11.1 Å². The molecule has 0 aromatic heterocycles. The Morgan fingerprint density at radius 1 is 1.56 bits per heavy atom. The molecule has 0 bridgehead atoms. The van der Waals surface area contributed by atoms with Crippen molar-refractivity contribution in [3.63, 3.8) is 0 Å². The monoisotopic (exact) mass is 221 g/mol. The lowest BCUT2D eigenvalue weighted by atomic mass is 10.1. The molecule has 4 heteroatoms. The Bertz CT molecular complexity index is 390. The maximum Gasteiger partial charge on any atom is 0.406 e. The summed E-state index contributed by atoms with van der Waals surface area (Å²) < 4.78 is 9.92. The van der Waals surface area contributed by atoms with Crippen LogP contribution in [0.3, 0.4) is 0 Å². The number of hydrogen-bond acceptors (Lipinski definition) is 3. The molecule has 1 heterocycles. The fourth-order valence-corrected chi connectivity index (χ4v) is 1.78. The number of nitrogens with one attached hydrogen (secondary N) is 1. The van der Waals surface area contributed by atoms with E-state index in [0.29, 0.717) is 6.54 Å². The zero-order valence-corrected chi connectivity index (χ0v) is 9.29. The Hall–Kier alpha value is -1.71. The topological polar surface area (TPSA) is 47.6 Å². The smallest absolute Gasteiger partial charge is 0.406 e. The van der Waals surface area contributed by atoms with Gasteiger partial charge in [-0.1, -0.05) is 12.1 Å². The van der Waals surface area contributed by atoms with Gasteiger partial charge in [-0.25, -0.2) is 4.79 Å². The molecule has 1 aromatic rings. The molecule has 0 fully saturated rings. The van der Waals surface area contributed by atoms with Crippen molar-refractivity contribution in [3.05, 3.63) is 29.3 Å². The fraction of sp³-hybridized carbons (Fsp3) is 0.417. The maximum atomic E-state index is 10.8. The first-order chi connectivity index (χ1) is 7.79. The van der Waals surface area contributed by atoms with Crippen LogP contribution in [0.5, 0.6) is 5.75 Å². The predicted octanol–water partition coefficient (Wildman–Crippen LogP) is 1.52. The molecule has 0 radical (unpaired) electrons. The molecule has 4 nitrogen and oxygen atoms in total. The first kappa shape index (κ1) is 10.8. The third-order valence-corrected chi connectivity index (χ3v) is 2.62. The Kier molecular flexibility index (Phi) is 3.29. The van der Waals surface area contributed by atoms with Crippen molar-refractivity contribution in [1.82, 2.24) is 5.32 Å². The van der Waals surface area contributed by atoms with Gasteiger partial charge in [0.2, 0.25) is 0 Å². The Morgan fingerprint density at radius 2 is 2.44 bits per heavy atom. The largest absolute Gasteiger partial charge is 0.493 e. The lowest BCUT2D eigenvalue weighted by Gasteiger charge is -2.05. The van der Waals surface area contributed by atoms with Crippen LogP contribution in [0.2, 0.25) is 0 Å². The van der Waals surface area contributed by atoms with E-state index in [-0.39, 0.29) is 6.09 Å². The summed E-state index contributed by atoms with van der Waals surface area (Å²) in [7, 11) is 1.36. The quantitative estimate of drug-likeness (QED) is 0.841. The number of fused-ring (bicyclic) bond motifs is 1. The third kappa shape index (κ3) is 2.45. The van der Waals surface area contributed by atoms with Gasteiger partial charge in [0.15, 0.2) is 0 Å². The summed E-state index contributed by atoms with van der Waals surface area (Å²) in [6.45, 7) is 1.37. The molecule has 0 unspecified atom stereocenters. The Morgan fingerprint density at radius 3 is 3.25 bits per heavy atom. The van der Waals surface area contributed by atoms with Crippen molar-refractivity contribution >= 4 is 6.09 Å². The van der Waals surface area contributed by atoms with Crippen LogP contribution in [0, 0.1) is 0 Å². The number of amides is 1. The summed E-state index contributed by atoms with van der Waals surface area (Å²) in [5.41, 5.74) is 2.47. The van der Waals surface area contributed by atoms with Crippen molar-refractivity contribution in [3.8, 4) is 5.75 Å². The van der Waals surface area contributed by atoms with E-state index >= 15 is 0 Å². The minimum atomic E-state index is -0.385. The highest BCUT2D eigenvalue weighted by Crippen LogP contribution is 2.25. The summed E-state index contributed by atoms with van der Waals surface area (Å²) in [6, 6.07) is 6.17. The second kappa shape index (κ2) is 4.88.